The Morgan fingerprint density at radius 2 is 1.67 bits per heavy atom. The van der Waals surface area contributed by atoms with E-state index < -0.39 is 5.97 Å². The Kier molecular flexibility index (Phi) is 4.91. The van der Waals surface area contributed by atoms with Gasteiger partial charge in [0.15, 0.2) is 6.79 Å². The van der Waals surface area contributed by atoms with Crippen LogP contribution >= 0.6 is 0 Å². The van der Waals surface area contributed by atoms with Crippen molar-refractivity contribution in [1.29, 1.82) is 0 Å². The van der Waals surface area contributed by atoms with Crippen molar-refractivity contribution < 1.29 is 19.1 Å². The Balaban J connectivity index is 1.72. The number of amides is 1. The van der Waals surface area contributed by atoms with Gasteiger partial charge in [-0.1, -0.05) is 24.3 Å². The number of carbonyl (C=O) groups excluding carboxylic acids is 2. The van der Waals surface area contributed by atoms with Crippen LogP contribution in [0.5, 0.6) is 0 Å². The van der Waals surface area contributed by atoms with Crippen LogP contribution in [0.15, 0.2) is 48.5 Å². The van der Waals surface area contributed by atoms with E-state index in [1.165, 1.54) is 7.11 Å². The minimum absolute atomic E-state index is 0.0583. The predicted molar refractivity (Wildman–Crippen MR) is 90.8 cm³/mol. The van der Waals surface area contributed by atoms with Gasteiger partial charge in [-0.2, -0.15) is 0 Å². The maximum Gasteiger partial charge on any atom is 0.340 e. The minimum Gasteiger partial charge on any atom is -0.435 e. The third kappa shape index (κ3) is 3.46. The first-order valence-electron chi connectivity index (χ1n) is 7.86. The predicted octanol–water partition coefficient (Wildman–Crippen LogP) is 3.24. The van der Waals surface area contributed by atoms with Gasteiger partial charge in [0.05, 0.1) is 5.56 Å². The van der Waals surface area contributed by atoms with E-state index in [9.17, 15) is 9.59 Å². The van der Waals surface area contributed by atoms with Gasteiger partial charge in [-0.15, -0.1) is 0 Å². The first kappa shape index (κ1) is 16.2. The fourth-order valence-electron chi connectivity index (χ4n) is 2.75. The van der Waals surface area contributed by atoms with E-state index in [0.29, 0.717) is 12.0 Å². The zero-order valence-corrected chi connectivity index (χ0v) is 13.5. The van der Waals surface area contributed by atoms with Crippen molar-refractivity contribution in [2.75, 3.05) is 25.3 Å². The lowest BCUT2D eigenvalue weighted by Crippen LogP contribution is -2.23. The van der Waals surface area contributed by atoms with Crippen molar-refractivity contribution in [2.45, 2.75) is 12.8 Å². The molecule has 124 valence electrons. The summed E-state index contributed by atoms with van der Waals surface area (Å²) in [5, 5.41) is 0. The number of carbonyl (C=O) groups is 2. The molecule has 0 bridgehead atoms. The maximum atomic E-state index is 11.8. The Bertz CT molecular complexity index is 722. The molecule has 0 aromatic heterocycles. The normalized spacial score (nSPS) is 14.0. The van der Waals surface area contributed by atoms with Crippen LogP contribution in [-0.4, -0.2) is 32.3 Å². The Labute approximate surface area is 140 Å². The smallest absolute Gasteiger partial charge is 0.340 e. The molecule has 1 fully saturated rings. The third-order valence-corrected chi connectivity index (χ3v) is 4.01. The molecular formula is C19H19NO4. The SMILES string of the molecule is COCOC(=O)c1ccc(-c2ccc(N3CCCC3=O)cc2)cc1. The fraction of sp³-hybridized carbons (Fsp3) is 0.263. The molecule has 0 aliphatic carbocycles. The van der Waals surface area contributed by atoms with Crippen molar-refractivity contribution >= 4 is 17.6 Å². The molecule has 2 aromatic carbocycles. The van der Waals surface area contributed by atoms with E-state index in [1.54, 1.807) is 12.1 Å². The van der Waals surface area contributed by atoms with E-state index in [2.05, 4.69) is 0 Å². The van der Waals surface area contributed by atoms with Crippen LogP contribution in [0.2, 0.25) is 0 Å². The van der Waals surface area contributed by atoms with Gasteiger partial charge in [0.1, 0.15) is 0 Å². The maximum absolute atomic E-state index is 11.8. The van der Waals surface area contributed by atoms with Crippen LogP contribution in [0, 0.1) is 0 Å². The summed E-state index contributed by atoms with van der Waals surface area (Å²) in [6.45, 7) is 0.730. The van der Waals surface area contributed by atoms with Crippen LogP contribution < -0.4 is 4.90 Å². The first-order valence-corrected chi connectivity index (χ1v) is 7.86. The molecule has 0 unspecified atom stereocenters. The molecule has 24 heavy (non-hydrogen) atoms. The lowest BCUT2D eigenvalue weighted by molar-refractivity contribution is -0.117. The monoisotopic (exact) mass is 325 g/mol. The van der Waals surface area contributed by atoms with E-state index in [0.717, 1.165) is 29.8 Å². The van der Waals surface area contributed by atoms with Gasteiger partial charge < -0.3 is 14.4 Å². The molecule has 0 spiro atoms. The number of anilines is 1. The van der Waals surface area contributed by atoms with Gasteiger partial charge in [0.2, 0.25) is 5.91 Å². The van der Waals surface area contributed by atoms with E-state index >= 15 is 0 Å². The molecule has 1 heterocycles. The van der Waals surface area contributed by atoms with Crippen LogP contribution in [0.25, 0.3) is 11.1 Å². The molecule has 0 atom stereocenters. The van der Waals surface area contributed by atoms with E-state index in [4.69, 9.17) is 9.47 Å². The number of benzene rings is 2. The summed E-state index contributed by atoms with van der Waals surface area (Å²) < 4.78 is 9.62. The fourth-order valence-corrected chi connectivity index (χ4v) is 2.75. The molecule has 3 rings (SSSR count). The number of ether oxygens (including phenoxy) is 2. The van der Waals surface area contributed by atoms with Crippen molar-refractivity contribution in [1.82, 2.24) is 0 Å². The Hall–Kier alpha value is -2.66. The van der Waals surface area contributed by atoms with Crippen LogP contribution in [0.3, 0.4) is 0 Å². The average Bonchev–Trinajstić information content (AvgIpc) is 3.06. The van der Waals surface area contributed by atoms with Crippen molar-refractivity contribution in [3.8, 4) is 11.1 Å². The van der Waals surface area contributed by atoms with Gasteiger partial charge >= 0.3 is 5.97 Å². The second-order valence-corrected chi connectivity index (χ2v) is 5.61. The number of rotatable bonds is 5. The summed E-state index contributed by atoms with van der Waals surface area (Å²) >= 11 is 0. The summed E-state index contributed by atoms with van der Waals surface area (Å²) in [5.41, 5.74) is 3.44. The standard InChI is InChI=1S/C19H19NO4/c1-23-13-24-19(22)16-6-4-14(5-7-16)15-8-10-17(11-9-15)20-12-2-3-18(20)21/h4-11H,2-3,12-13H2,1H3. The molecule has 0 saturated carbocycles. The van der Waals surface area contributed by atoms with Crippen LogP contribution in [0.1, 0.15) is 23.2 Å². The van der Waals surface area contributed by atoms with Crippen LogP contribution in [-0.2, 0) is 14.3 Å². The highest BCUT2D eigenvalue weighted by Crippen LogP contribution is 2.26. The zero-order chi connectivity index (χ0) is 16.9. The van der Waals surface area contributed by atoms with Gasteiger partial charge in [0, 0.05) is 25.8 Å². The highest BCUT2D eigenvalue weighted by Gasteiger charge is 2.21. The quantitative estimate of drug-likeness (QED) is 0.625. The summed E-state index contributed by atoms with van der Waals surface area (Å²) in [6.07, 6.45) is 1.55. The van der Waals surface area contributed by atoms with Gasteiger partial charge in [-0.3, -0.25) is 4.79 Å². The molecule has 0 radical (unpaired) electrons. The minimum atomic E-state index is -0.411. The highest BCUT2D eigenvalue weighted by atomic mass is 16.7. The van der Waals surface area contributed by atoms with Crippen molar-refractivity contribution in [2.24, 2.45) is 0 Å². The molecule has 2 aromatic rings. The lowest BCUT2D eigenvalue weighted by Gasteiger charge is -2.16. The summed E-state index contributed by atoms with van der Waals surface area (Å²) in [6, 6.07) is 15.1. The molecule has 5 heteroatoms. The van der Waals surface area contributed by atoms with Gasteiger partial charge in [-0.25, -0.2) is 4.79 Å². The number of hydrogen-bond acceptors (Lipinski definition) is 4. The molecule has 1 amide bonds. The number of methoxy groups -OCH3 is 1. The molecular weight excluding hydrogens is 306 g/mol. The van der Waals surface area contributed by atoms with Crippen molar-refractivity contribution in [3.63, 3.8) is 0 Å². The lowest BCUT2D eigenvalue weighted by atomic mass is 10.0. The third-order valence-electron chi connectivity index (χ3n) is 4.01. The van der Waals surface area contributed by atoms with E-state index in [1.807, 2.05) is 41.3 Å². The van der Waals surface area contributed by atoms with Crippen molar-refractivity contribution in [3.05, 3.63) is 54.1 Å². The molecule has 1 aliphatic heterocycles. The number of nitrogens with zero attached hydrogens (tertiary/aromatic N) is 1. The topological polar surface area (TPSA) is 55.8 Å². The molecule has 1 saturated heterocycles. The Morgan fingerprint density at radius 1 is 1.04 bits per heavy atom. The summed E-state index contributed by atoms with van der Waals surface area (Å²) in [7, 11) is 1.47. The summed E-state index contributed by atoms with van der Waals surface area (Å²) in [5.74, 6) is -0.229. The summed E-state index contributed by atoms with van der Waals surface area (Å²) in [4.78, 5) is 25.3. The second-order valence-electron chi connectivity index (χ2n) is 5.61. The highest BCUT2D eigenvalue weighted by molar-refractivity contribution is 5.95. The molecule has 0 N–H and O–H groups in total. The number of esters is 1. The Morgan fingerprint density at radius 3 is 2.21 bits per heavy atom. The average molecular weight is 325 g/mol. The largest absolute Gasteiger partial charge is 0.435 e. The van der Waals surface area contributed by atoms with Gasteiger partial charge in [0.25, 0.3) is 0 Å². The molecule has 5 nitrogen and oxygen atoms in total. The first-order chi connectivity index (χ1) is 11.7. The van der Waals surface area contributed by atoms with Crippen LogP contribution in [0.4, 0.5) is 5.69 Å². The van der Waals surface area contributed by atoms with E-state index in [-0.39, 0.29) is 12.7 Å². The second kappa shape index (κ2) is 7.27. The molecule has 1 aliphatic rings. The van der Waals surface area contributed by atoms with Gasteiger partial charge in [-0.05, 0) is 41.8 Å². The zero-order valence-electron chi connectivity index (χ0n) is 13.5. The number of hydrogen-bond donors (Lipinski definition) is 0.